The van der Waals surface area contributed by atoms with Gasteiger partial charge < -0.3 is 14.7 Å². The fourth-order valence-electron chi connectivity index (χ4n) is 3.97. The average Bonchev–Trinajstić information content (AvgIpc) is 2.60. The summed E-state index contributed by atoms with van der Waals surface area (Å²) in [5.74, 6) is 0.238. The second kappa shape index (κ2) is 7.45. The molecule has 0 spiro atoms. The molecule has 1 aromatic rings. The number of hydrogen-bond acceptors (Lipinski definition) is 3. The van der Waals surface area contributed by atoms with Crippen molar-refractivity contribution in [2.24, 2.45) is 5.92 Å². The SMILES string of the molecule is CCC[C@@H]1C[C@H](C(=O)N2CCc3ccccc3[C@H]2CO)CCO1. The minimum Gasteiger partial charge on any atom is -0.394 e. The van der Waals surface area contributed by atoms with Crippen molar-refractivity contribution in [3.05, 3.63) is 35.4 Å². The maximum Gasteiger partial charge on any atom is 0.226 e. The number of aliphatic hydroxyl groups excluding tert-OH is 1. The van der Waals surface area contributed by atoms with Crippen LogP contribution in [0.3, 0.4) is 0 Å². The Morgan fingerprint density at radius 3 is 3.00 bits per heavy atom. The third-order valence-electron chi connectivity index (χ3n) is 5.20. The Kier molecular flexibility index (Phi) is 5.34. The van der Waals surface area contributed by atoms with Crippen LogP contribution in [0.15, 0.2) is 24.3 Å². The quantitative estimate of drug-likeness (QED) is 0.929. The number of ether oxygens (including phenoxy) is 1. The highest BCUT2D eigenvalue weighted by molar-refractivity contribution is 5.80. The van der Waals surface area contributed by atoms with E-state index in [0.717, 1.165) is 37.7 Å². The Labute approximate surface area is 138 Å². The third kappa shape index (κ3) is 3.43. The maximum atomic E-state index is 13.0. The topological polar surface area (TPSA) is 49.8 Å². The number of fused-ring (bicyclic) bond motifs is 1. The summed E-state index contributed by atoms with van der Waals surface area (Å²) in [5, 5.41) is 9.87. The van der Waals surface area contributed by atoms with E-state index < -0.39 is 0 Å². The minimum absolute atomic E-state index is 0.00956. The Bertz CT molecular complexity index is 543. The zero-order valence-electron chi connectivity index (χ0n) is 13.9. The summed E-state index contributed by atoms with van der Waals surface area (Å²) >= 11 is 0. The molecule has 1 aromatic carbocycles. The van der Waals surface area contributed by atoms with E-state index in [1.54, 1.807) is 0 Å². The molecule has 0 unspecified atom stereocenters. The molecule has 1 N–H and O–H groups in total. The van der Waals surface area contributed by atoms with Gasteiger partial charge in [0.1, 0.15) is 0 Å². The molecular formula is C19H27NO3. The molecule has 2 heterocycles. The van der Waals surface area contributed by atoms with Crippen LogP contribution in [-0.4, -0.2) is 41.8 Å². The second-order valence-corrected chi connectivity index (χ2v) is 6.68. The molecule has 0 aliphatic carbocycles. The van der Waals surface area contributed by atoms with E-state index in [2.05, 4.69) is 13.0 Å². The summed E-state index contributed by atoms with van der Waals surface area (Å²) in [7, 11) is 0. The van der Waals surface area contributed by atoms with Crippen molar-refractivity contribution in [3.63, 3.8) is 0 Å². The van der Waals surface area contributed by atoms with Gasteiger partial charge in [-0.1, -0.05) is 37.6 Å². The molecule has 2 aliphatic rings. The highest BCUT2D eigenvalue weighted by atomic mass is 16.5. The van der Waals surface area contributed by atoms with E-state index >= 15 is 0 Å². The lowest BCUT2D eigenvalue weighted by atomic mass is 9.88. The molecule has 1 fully saturated rings. The molecular weight excluding hydrogens is 290 g/mol. The fourth-order valence-corrected chi connectivity index (χ4v) is 3.97. The molecule has 0 aromatic heterocycles. The summed E-state index contributed by atoms with van der Waals surface area (Å²) in [4.78, 5) is 14.9. The number of carbonyl (C=O) groups is 1. The summed E-state index contributed by atoms with van der Waals surface area (Å²) in [6, 6.07) is 7.96. The van der Waals surface area contributed by atoms with Crippen molar-refractivity contribution in [1.29, 1.82) is 0 Å². The van der Waals surface area contributed by atoms with Crippen LogP contribution in [-0.2, 0) is 16.0 Å². The monoisotopic (exact) mass is 317 g/mol. The van der Waals surface area contributed by atoms with Gasteiger partial charge in [0, 0.05) is 19.1 Å². The highest BCUT2D eigenvalue weighted by Crippen LogP contribution is 2.33. The third-order valence-corrected chi connectivity index (χ3v) is 5.20. The van der Waals surface area contributed by atoms with Crippen LogP contribution in [0.25, 0.3) is 0 Å². The first-order valence-electron chi connectivity index (χ1n) is 8.85. The standard InChI is InChI=1S/C19H27NO3/c1-2-5-16-12-15(9-11-23-16)19(22)20-10-8-14-6-3-4-7-17(14)18(20)13-21/h3-4,6-7,15-16,18,21H,2,5,8-13H2,1H3/t15-,16-,18-/m1/s1. The summed E-state index contributed by atoms with van der Waals surface area (Å²) in [6.07, 6.45) is 4.82. The predicted octanol–water partition coefficient (Wildman–Crippen LogP) is 2.70. The van der Waals surface area contributed by atoms with E-state index in [1.807, 2.05) is 23.1 Å². The van der Waals surface area contributed by atoms with E-state index in [4.69, 9.17) is 4.74 Å². The Hall–Kier alpha value is -1.39. The molecule has 23 heavy (non-hydrogen) atoms. The number of benzene rings is 1. The van der Waals surface area contributed by atoms with Gasteiger partial charge in [0.2, 0.25) is 5.91 Å². The number of nitrogens with zero attached hydrogens (tertiary/aromatic N) is 1. The summed E-state index contributed by atoms with van der Waals surface area (Å²) < 4.78 is 5.78. The summed E-state index contributed by atoms with van der Waals surface area (Å²) in [6.45, 7) is 3.52. The fraction of sp³-hybridized carbons (Fsp3) is 0.632. The predicted molar refractivity (Wildman–Crippen MR) is 89.1 cm³/mol. The zero-order chi connectivity index (χ0) is 16.2. The number of amides is 1. The molecule has 0 bridgehead atoms. The Morgan fingerprint density at radius 2 is 2.22 bits per heavy atom. The van der Waals surface area contributed by atoms with Gasteiger partial charge in [-0.25, -0.2) is 0 Å². The molecule has 1 saturated heterocycles. The highest BCUT2D eigenvalue weighted by Gasteiger charge is 2.36. The Morgan fingerprint density at radius 1 is 1.39 bits per heavy atom. The first-order valence-corrected chi connectivity index (χ1v) is 8.85. The van der Waals surface area contributed by atoms with Crippen LogP contribution in [0.4, 0.5) is 0 Å². The molecule has 3 atom stereocenters. The largest absolute Gasteiger partial charge is 0.394 e. The Balaban J connectivity index is 1.74. The van der Waals surface area contributed by atoms with Crippen LogP contribution in [0.1, 0.15) is 49.8 Å². The summed E-state index contributed by atoms with van der Waals surface area (Å²) in [5.41, 5.74) is 2.36. The molecule has 2 aliphatic heterocycles. The molecule has 4 nitrogen and oxygen atoms in total. The molecule has 0 radical (unpaired) electrons. The van der Waals surface area contributed by atoms with Crippen molar-refractivity contribution in [2.45, 2.75) is 51.2 Å². The average molecular weight is 317 g/mol. The number of hydrogen-bond donors (Lipinski definition) is 1. The molecule has 126 valence electrons. The molecule has 0 saturated carbocycles. The smallest absolute Gasteiger partial charge is 0.226 e. The van der Waals surface area contributed by atoms with Gasteiger partial charge in [0.05, 0.1) is 18.8 Å². The number of rotatable bonds is 4. The van der Waals surface area contributed by atoms with Crippen LogP contribution in [0.2, 0.25) is 0 Å². The zero-order valence-corrected chi connectivity index (χ0v) is 13.9. The van der Waals surface area contributed by atoms with Crippen molar-refractivity contribution >= 4 is 5.91 Å². The lowest BCUT2D eigenvalue weighted by molar-refractivity contribution is -0.144. The first kappa shape index (κ1) is 16.5. The lowest BCUT2D eigenvalue weighted by Gasteiger charge is -2.40. The second-order valence-electron chi connectivity index (χ2n) is 6.68. The lowest BCUT2D eigenvalue weighted by Crippen LogP contribution is -2.46. The van der Waals surface area contributed by atoms with Crippen molar-refractivity contribution in [2.75, 3.05) is 19.8 Å². The normalized spacial score (nSPS) is 27.6. The number of aliphatic hydroxyl groups is 1. The van der Waals surface area contributed by atoms with Crippen molar-refractivity contribution in [1.82, 2.24) is 4.90 Å². The van der Waals surface area contributed by atoms with Crippen molar-refractivity contribution < 1.29 is 14.6 Å². The maximum absolute atomic E-state index is 13.0. The van der Waals surface area contributed by atoms with Crippen LogP contribution in [0, 0.1) is 5.92 Å². The van der Waals surface area contributed by atoms with E-state index in [0.29, 0.717) is 13.2 Å². The van der Waals surface area contributed by atoms with Gasteiger partial charge in [0.15, 0.2) is 0 Å². The van der Waals surface area contributed by atoms with Gasteiger partial charge in [-0.3, -0.25) is 4.79 Å². The minimum atomic E-state index is -0.195. The van der Waals surface area contributed by atoms with E-state index in [1.165, 1.54) is 5.56 Å². The van der Waals surface area contributed by atoms with Gasteiger partial charge >= 0.3 is 0 Å². The molecule has 4 heteroatoms. The van der Waals surface area contributed by atoms with Gasteiger partial charge in [-0.15, -0.1) is 0 Å². The van der Waals surface area contributed by atoms with Crippen LogP contribution >= 0.6 is 0 Å². The number of carbonyl (C=O) groups excluding carboxylic acids is 1. The first-order chi connectivity index (χ1) is 11.2. The van der Waals surface area contributed by atoms with E-state index in [9.17, 15) is 9.90 Å². The molecule has 1 amide bonds. The van der Waals surface area contributed by atoms with E-state index in [-0.39, 0.29) is 30.6 Å². The van der Waals surface area contributed by atoms with Gasteiger partial charge in [0.25, 0.3) is 0 Å². The van der Waals surface area contributed by atoms with Crippen LogP contribution in [0.5, 0.6) is 0 Å². The van der Waals surface area contributed by atoms with Gasteiger partial charge in [-0.05, 0) is 36.8 Å². The van der Waals surface area contributed by atoms with Crippen molar-refractivity contribution in [3.8, 4) is 0 Å². The van der Waals surface area contributed by atoms with Gasteiger partial charge in [-0.2, -0.15) is 0 Å². The van der Waals surface area contributed by atoms with Crippen LogP contribution < -0.4 is 0 Å². The molecule has 3 rings (SSSR count).